The molecule has 0 aromatic heterocycles. The van der Waals surface area contributed by atoms with E-state index in [1.807, 2.05) is 0 Å². The summed E-state index contributed by atoms with van der Waals surface area (Å²) in [5.74, 6) is -2.71. The Kier molecular flexibility index (Phi) is 6.46. The van der Waals surface area contributed by atoms with Crippen molar-refractivity contribution < 1.29 is 35.1 Å². The number of hydrogen-bond donors (Lipinski definition) is 0. The standard InChI is InChI=1S/C19H20F2N2O6S2/c1-13-11-14(19(24)29-2)3-5-17(13)30(25,26)22-7-9-23(10-8-22)31(27,28)18-6-4-15(20)12-16(18)21/h3-6,11-12H,7-10H2,1-2H3. The molecule has 2 aromatic carbocycles. The van der Waals surface area contributed by atoms with Gasteiger partial charge in [0.2, 0.25) is 20.0 Å². The molecule has 12 heteroatoms. The van der Waals surface area contributed by atoms with Crippen molar-refractivity contribution in [2.45, 2.75) is 16.7 Å². The molecule has 1 heterocycles. The number of halogens is 2. The van der Waals surface area contributed by atoms with Crippen LogP contribution in [0.5, 0.6) is 0 Å². The molecule has 0 amide bonds. The molecule has 0 unspecified atom stereocenters. The largest absolute Gasteiger partial charge is 0.465 e. The van der Waals surface area contributed by atoms with Crippen LogP contribution in [0.3, 0.4) is 0 Å². The first-order valence-electron chi connectivity index (χ1n) is 9.13. The number of aryl methyl sites for hydroxylation is 1. The molecule has 0 N–H and O–H groups in total. The molecular weight excluding hydrogens is 454 g/mol. The third-order valence-corrected chi connectivity index (χ3v) is 8.91. The number of hydrogen-bond acceptors (Lipinski definition) is 6. The van der Waals surface area contributed by atoms with Crippen LogP contribution < -0.4 is 0 Å². The summed E-state index contributed by atoms with van der Waals surface area (Å²) in [6.07, 6.45) is 0. The number of carbonyl (C=O) groups is 1. The molecule has 1 aliphatic rings. The summed E-state index contributed by atoms with van der Waals surface area (Å²) in [7, 11) is -6.99. The summed E-state index contributed by atoms with van der Waals surface area (Å²) in [6.45, 7) is 0.845. The highest BCUT2D eigenvalue weighted by Gasteiger charge is 2.35. The van der Waals surface area contributed by atoms with Gasteiger partial charge in [-0.05, 0) is 42.8 Å². The van der Waals surface area contributed by atoms with Crippen molar-refractivity contribution in [2.75, 3.05) is 33.3 Å². The zero-order chi connectivity index (χ0) is 23.0. The number of carbonyl (C=O) groups excluding carboxylic acids is 1. The lowest BCUT2D eigenvalue weighted by Gasteiger charge is -2.33. The normalized spacial score (nSPS) is 16.3. The lowest BCUT2D eigenvalue weighted by molar-refractivity contribution is 0.0600. The topological polar surface area (TPSA) is 101 Å². The summed E-state index contributed by atoms with van der Waals surface area (Å²) < 4.78 is 85.2. The number of esters is 1. The number of sulfonamides is 2. The van der Waals surface area contributed by atoms with Gasteiger partial charge in [0.25, 0.3) is 0 Å². The molecule has 0 radical (unpaired) electrons. The summed E-state index contributed by atoms with van der Waals surface area (Å²) in [6, 6.07) is 6.20. The highest BCUT2D eigenvalue weighted by atomic mass is 32.2. The minimum Gasteiger partial charge on any atom is -0.465 e. The van der Waals surface area contributed by atoms with E-state index < -0.39 is 42.5 Å². The van der Waals surface area contributed by atoms with E-state index in [0.29, 0.717) is 11.6 Å². The molecule has 2 aromatic rings. The molecule has 168 valence electrons. The van der Waals surface area contributed by atoms with Gasteiger partial charge in [-0.1, -0.05) is 0 Å². The van der Waals surface area contributed by atoms with E-state index in [1.54, 1.807) is 0 Å². The maximum atomic E-state index is 14.0. The van der Waals surface area contributed by atoms with Gasteiger partial charge in [-0.2, -0.15) is 8.61 Å². The van der Waals surface area contributed by atoms with Gasteiger partial charge in [0.1, 0.15) is 16.5 Å². The molecule has 0 aliphatic carbocycles. The predicted octanol–water partition coefficient (Wildman–Crippen LogP) is 1.76. The van der Waals surface area contributed by atoms with Crippen LogP contribution in [0.2, 0.25) is 0 Å². The summed E-state index contributed by atoms with van der Waals surface area (Å²) in [4.78, 5) is 10.9. The van der Waals surface area contributed by atoms with E-state index in [4.69, 9.17) is 0 Å². The van der Waals surface area contributed by atoms with E-state index in [2.05, 4.69) is 4.74 Å². The van der Waals surface area contributed by atoms with Crippen LogP contribution in [0, 0.1) is 18.6 Å². The summed E-state index contributed by atoms with van der Waals surface area (Å²) in [5, 5.41) is 0. The highest BCUT2D eigenvalue weighted by Crippen LogP contribution is 2.25. The van der Waals surface area contributed by atoms with Crippen molar-refractivity contribution in [3.8, 4) is 0 Å². The molecule has 31 heavy (non-hydrogen) atoms. The van der Waals surface area contributed by atoms with Gasteiger partial charge in [0, 0.05) is 32.2 Å². The Morgan fingerprint density at radius 3 is 1.87 bits per heavy atom. The first-order valence-corrected chi connectivity index (χ1v) is 12.0. The van der Waals surface area contributed by atoms with Crippen molar-refractivity contribution >= 4 is 26.0 Å². The molecule has 8 nitrogen and oxygen atoms in total. The first-order chi connectivity index (χ1) is 14.5. The first kappa shape index (κ1) is 23.3. The zero-order valence-electron chi connectivity index (χ0n) is 16.7. The number of methoxy groups -OCH3 is 1. The summed E-state index contributed by atoms with van der Waals surface area (Å²) >= 11 is 0. The summed E-state index contributed by atoms with van der Waals surface area (Å²) in [5.41, 5.74) is 0.544. The van der Waals surface area contributed by atoms with Gasteiger partial charge in [0.05, 0.1) is 17.6 Å². The van der Waals surface area contributed by atoms with Gasteiger partial charge >= 0.3 is 5.97 Å². The van der Waals surface area contributed by atoms with E-state index >= 15 is 0 Å². The Bertz CT molecular complexity index is 1220. The molecule has 0 atom stereocenters. The average molecular weight is 475 g/mol. The van der Waals surface area contributed by atoms with Crippen molar-refractivity contribution in [3.05, 3.63) is 59.2 Å². The van der Waals surface area contributed by atoms with Crippen LogP contribution >= 0.6 is 0 Å². The van der Waals surface area contributed by atoms with Gasteiger partial charge in [0.15, 0.2) is 0 Å². The Labute approximate surface area is 179 Å². The van der Waals surface area contributed by atoms with Gasteiger partial charge in [-0.15, -0.1) is 0 Å². The fraction of sp³-hybridized carbons (Fsp3) is 0.316. The van der Waals surface area contributed by atoms with Crippen molar-refractivity contribution in [2.24, 2.45) is 0 Å². The zero-order valence-corrected chi connectivity index (χ0v) is 18.3. The quantitative estimate of drug-likeness (QED) is 0.612. The monoisotopic (exact) mass is 474 g/mol. The number of benzene rings is 2. The van der Waals surface area contributed by atoms with Gasteiger partial charge in [-0.3, -0.25) is 0 Å². The lowest BCUT2D eigenvalue weighted by Crippen LogP contribution is -2.50. The van der Waals surface area contributed by atoms with Crippen molar-refractivity contribution in [1.82, 2.24) is 8.61 Å². The van der Waals surface area contributed by atoms with Crippen LogP contribution in [-0.4, -0.2) is 64.7 Å². The molecule has 0 saturated carbocycles. The molecular formula is C19H20F2N2O6S2. The van der Waals surface area contributed by atoms with Crippen molar-refractivity contribution in [1.29, 1.82) is 0 Å². The average Bonchev–Trinajstić information content (AvgIpc) is 2.72. The Morgan fingerprint density at radius 2 is 1.39 bits per heavy atom. The van der Waals surface area contributed by atoms with Crippen molar-refractivity contribution in [3.63, 3.8) is 0 Å². The second-order valence-electron chi connectivity index (χ2n) is 6.85. The van der Waals surface area contributed by atoms with E-state index in [1.165, 1.54) is 32.2 Å². The minimum atomic E-state index is -4.25. The van der Waals surface area contributed by atoms with E-state index in [-0.39, 0.29) is 36.6 Å². The Morgan fingerprint density at radius 1 is 0.871 bits per heavy atom. The van der Waals surface area contributed by atoms with Crippen LogP contribution in [0.15, 0.2) is 46.2 Å². The fourth-order valence-electron chi connectivity index (χ4n) is 3.30. The van der Waals surface area contributed by atoms with Crippen LogP contribution in [0.1, 0.15) is 15.9 Å². The Balaban J connectivity index is 1.79. The molecule has 0 bridgehead atoms. The molecule has 0 spiro atoms. The molecule has 1 saturated heterocycles. The number of rotatable bonds is 5. The second-order valence-corrected chi connectivity index (χ2v) is 10.7. The number of nitrogens with zero attached hydrogens (tertiary/aromatic N) is 2. The van der Waals surface area contributed by atoms with E-state index in [0.717, 1.165) is 20.7 Å². The number of piperazine rings is 1. The third kappa shape index (κ3) is 4.47. The van der Waals surface area contributed by atoms with Gasteiger partial charge < -0.3 is 4.74 Å². The maximum Gasteiger partial charge on any atom is 0.337 e. The van der Waals surface area contributed by atoms with Crippen LogP contribution in [0.25, 0.3) is 0 Å². The second kappa shape index (κ2) is 8.61. The van der Waals surface area contributed by atoms with Gasteiger partial charge in [-0.25, -0.2) is 30.4 Å². The molecule has 1 aliphatic heterocycles. The van der Waals surface area contributed by atoms with Crippen LogP contribution in [-0.2, 0) is 24.8 Å². The minimum absolute atomic E-state index is 0.0129. The number of ether oxygens (including phenoxy) is 1. The smallest absolute Gasteiger partial charge is 0.337 e. The predicted molar refractivity (Wildman–Crippen MR) is 106 cm³/mol. The highest BCUT2D eigenvalue weighted by molar-refractivity contribution is 7.89. The molecule has 3 rings (SSSR count). The van der Waals surface area contributed by atoms with E-state index in [9.17, 15) is 30.4 Å². The maximum absolute atomic E-state index is 14.0. The fourth-order valence-corrected chi connectivity index (χ4v) is 6.39. The Hall–Kier alpha value is -2.41. The van der Waals surface area contributed by atoms with Crippen LogP contribution in [0.4, 0.5) is 8.78 Å². The lowest BCUT2D eigenvalue weighted by atomic mass is 10.1. The third-order valence-electron chi connectivity index (χ3n) is 4.92. The SMILES string of the molecule is COC(=O)c1ccc(S(=O)(=O)N2CCN(S(=O)(=O)c3ccc(F)cc3F)CC2)c(C)c1. The molecule has 1 fully saturated rings.